The van der Waals surface area contributed by atoms with Crippen LogP contribution in [-0.4, -0.2) is 16.6 Å². The number of urea groups is 1. The van der Waals surface area contributed by atoms with E-state index in [2.05, 4.69) is 10.3 Å². The van der Waals surface area contributed by atoms with Gasteiger partial charge in [0.1, 0.15) is 0 Å². The number of hydrogen-bond donors (Lipinski definition) is 1. The Hall–Kier alpha value is -2.09. The van der Waals surface area contributed by atoms with E-state index in [-0.39, 0.29) is 6.04 Å². The smallest absolute Gasteiger partial charge is 0.333 e. The molecular formula is C17H18F3N3OS. The van der Waals surface area contributed by atoms with Crippen LogP contribution in [-0.2, 0) is 6.18 Å². The molecule has 0 radical (unpaired) electrons. The fourth-order valence-electron chi connectivity index (χ4n) is 2.89. The number of thiazole rings is 1. The first kappa shape index (κ1) is 17.7. The van der Waals surface area contributed by atoms with Crippen LogP contribution in [0.1, 0.15) is 36.1 Å². The lowest BCUT2D eigenvalue weighted by atomic mass is 10.2. The van der Waals surface area contributed by atoms with Gasteiger partial charge in [-0.25, -0.2) is 4.79 Å². The number of aromatic nitrogens is 1. The number of benzene rings is 1. The summed E-state index contributed by atoms with van der Waals surface area (Å²) in [5, 5.41) is 2.88. The van der Waals surface area contributed by atoms with Gasteiger partial charge in [0, 0.05) is 22.8 Å². The van der Waals surface area contributed by atoms with Crippen molar-refractivity contribution >= 4 is 17.4 Å². The highest BCUT2D eigenvalue weighted by molar-refractivity contribution is 7.09. The highest BCUT2D eigenvalue weighted by Crippen LogP contribution is 2.29. The van der Waals surface area contributed by atoms with Gasteiger partial charge in [0.25, 0.3) is 0 Å². The standard InChI is InChI=1S/C17H18F3N3OS/c1-11-10-23(14-8-6-12(7-9-14)17(18,19)20)16(25-11)22-15(24)21-13-4-2-3-5-13/h6-10,13H,2-5H2,1H3,(H,21,24). The van der Waals surface area contributed by atoms with E-state index < -0.39 is 17.8 Å². The van der Waals surface area contributed by atoms with E-state index >= 15 is 0 Å². The summed E-state index contributed by atoms with van der Waals surface area (Å²) >= 11 is 1.32. The van der Waals surface area contributed by atoms with Crippen molar-refractivity contribution in [1.29, 1.82) is 0 Å². The zero-order valence-electron chi connectivity index (χ0n) is 13.6. The summed E-state index contributed by atoms with van der Waals surface area (Å²) in [6.45, 7) is 1.86. The number of nitrogens with one attached hydrogen (secondary N) is 1. The SMILES string of the molecule is Cc1cn(-c2ccc(C(F)(F)F)cc2)c(=NC(=O)NC2CCCC2)s1. The number of nitrogens with zero attached hydrogens (tertiary/aromatic N) is 2. The van der Waals surface area contributed by atoms with Crippen molar-refractivity contribution < 1.29 is 18.0 Å². The Bertz CT molecular complexity index is 815. The van der Waals surface area contributed by atoms with Crippen LogP contribution in [0.15, 0.2) is 35.5 Å². The molecule has 1 aliphatic rings. The minimum Gasteiger partial charge on any atom is -0.333 e. The number of aryl methyl sites for hydroxylation is 1. The van der Waals surface area contributed by atoms with Gasteiger partial charge >= 0.3 is 12.2 Å². The summed E-state index contributed by atoms with van der Waals surface area (Å²) in [4.78, 5) is 17.6. The topological polar surface area (TPSA) is 46.4 Å². The van der Waals surface area contributed by atoms with Crippen molar-refractivity contribution in [2.45, 2.75) is 44.8 Å². The number of carbonyl (C=O) groups is 1. The number of alkyl halides is 3. The van der Waals surface area contributed by atoms with Crippen LogP contribution in [0.3, 0.4) is 0 Å². The average molecular weight is 369 g/mol. The molecule has 0 spiro atoms. The lowest BCUT2D eigenvalue weighted by Crippen LogP contribution is -2.32. The molecule has 3 rings (SSSR count). The molecule has 0 bridgehead atoms. The van der Waals surface area contributed by atoms with Crippen LogP contribution in [0.4, 0.5) is 18.0 Å². The molecule has 1 aliphatic carbocycles. The van der Waals surface area contributed by atoms with Crippen molar-refractivity contribution in [3.05, 3.63) is 45.7 Å². The average Bonchev–Trinajstić information content (AvgIpc) is 3.16. The third kappa shape index (κ3) is 4.31. The molecule has 0 atom stereocenters. The second-order valence-corrected chi connectivity index (χ2v) is 7.29. The quantitative estimate of drug-likeness (QED) is 0.837. The van der Waals surface area contributed by atoms with Crippen LogP contribution in [0, 0.1) is 6.92 Å². The highest BCUT2D eigenvalue weighted by atomic mass is 32.1. The largest absolute Gasteiger partial charge is 0.416 e. The Morgan fingerprint density at radius 3 is 2.48 bits per heavy atom. The summed E-state index contributed by atoms with van der Waals surface area (Å²) in [5.74, 6) is 0. The summed E-state index contributed by atoms with van der Waals surface area (Å²) < 4.78 is 39.7. The van der Waals surface area contributed by atoms with E-state index in [1.165, 1.54) is 23.5 Å². The van der Waals surface area contributed by atoms with Gasteiger partial charge in [0.15, 0.2) is 4.80 Å². The normalized spacial score (nSPS) is 16.4. The lowest BCUT2D eigenvalue weighted by molar-refractivity contribution is -0.137. The van der Waals surface area contributed by atoms with Gasteiger partial charge in [-0.3, -0.25) is 4.57 Å². The molecule has 1 heterocycles. The van der Waals surface area contributed by atoms with Gasteiger partial charge in [0.2, 0.25) is 0 Å². The Morgan fingerprint density at radius 1 is 1.24 bits per heavy atom. The predicted octanol–water partition coefficient (Wildman–Crippen LogP) is 4.42. The molecule has 2 amide bonds. The first-order valence-corrected chi connectivity index (χ1v) is 8.86. The van der Waals surface area contributed by atoms with Crippen LogP contribution in [0.2, 0.25) is 0 Å². The Labute approximate surface area is 147 Å². The number of rotatable bonds is 2. The third-order valence-corrected chi connectivity index (χ3v) is 5.02. The molecule has 25 heavy (non-hydrogen) atoms. The number of halogens is 3. The minimum atomic E-state index is -4.37. The number of hydrogen-bond acceptors (Lipinski definition) is 2. The second-order valence-electron chi connectivity index (χ2n) is 6.08. The van der Waals surface area contributed by atoms with E-state index in [0.717, 1.165) is 42.7 Å². The minimum absolute atomic E-state index is 0.164. The van der Waals surface area contributed by atoms with Gasteiger partial charge in [0.05, 0.1) is 5.56 Å². The van der Waals surface area contributed by atoms with E-state index in [1.54, 1.807) is 10.8 Å². The summed E-state index contributed by atoms with van der Waals surface area (Å²) in [5.41, 5.74) is -0.175. The molecule has 1 aromatic carbocycles. The first-order valence-electron chi connectivity index (χ1n) is 8.05. The molecule has 1 N–H and O–H groups in total. The molecule has 2 aromatic rings. The van der Waals surface area contributed by atoms with Crippen molar-refractivity contribution in [2.24, 2.45) is 4.99 Å². The molecule has 1 aromatic heterocycles. The molecule has 8 heteroatoms. The maximum atomic E-state index is 12.7. The lowest BCUT2D eigenvalue weighted by Gasteiger charge is -2.09. The van der Waals surface area contributed by atoms with Crippen molar-refractivity contribution in [3.63, 3.8) is 0 Å². The monoisotopic (exact) mass is 369 g/mol. The fraction of sp³-hybridized carbons (Fsp3) is 0.412. The van der Waals surface area contributed by atoms with Crippen molar-refractivity contribution in [1.82, 2.24) is 9.88 Å². The molecule has 0 saturated heterocycles. The Kier molecular flexibility index (Phi) is 4.99. The number of amides is 2. The maximum absolute atomic E-state index is 12.7. The Balaban J connectivity index is 1.87. The summed E-state index contributed by atoms with van der Waals surface area (Å²) in [6, 6.07) is 4.56. The van der Waals surface area contributed by atoms with Gasteiger partial charge < -0.3 is 5.32 Å². The van der Waals surface area contributed by atoms with Gasteiger partial charge in [-0.2, -0.15) is 18.2 Å². The molecule has 134 valence electrons. The molecular weight excluding hydrogens is 351 g/mol. The van der Waals surface area contributed by atoms with Gasteiger partial charge in [-0.05, 0) is 44.0 Å². The first-order chi connectivity index (χ1) is 11.8. The van der Waals surface area contributed by atoms with Gasteiger partial charge in [-0.15, -0.1) is 11.3 Å². The maximum Gasteiger partial charge on any atom is 0.416 e. The molecule has 1 saturated carbocycles. The predicted molar refractivity (Wildman–Crippen MR) is 89.7 cm³/mol. The molecule has 4 nitrogen and oxygen atoms in total. The van der Waals surface area contributed by atoms with Crippen molar-refractivity contribution in [3.8, 4) is 5.69 Å². The summed E-state index contributed by atoms with van der Waals surface area (Å²) in [7, 11) is 0. The molecule has 0 unspecified atom stereocenters. The van der Waals surface area contributed by atoms with Crippen LogP contribution < -0.4 is 10.1 Å². The number of carbonyl (C=O) groups excluding carboxylic acids is 1. The van der Waals surface area contributed by atoms with E-state index in [0.29, 0.717) is 10.5 Å². The third-order valence-electron chi connectivity index (χ3n) is 4.12. The van der Waals surface area contributed by atoms with E-state index in [4.69, 9.17) is 0 Å². The van der Waals surface area contributed by atoms with E-state index in [1.807, 2.05) is 6.92 Å². The summed E-state index contributed by atoms with van der Waals surface area (Å²) in [6.07, 6.45) is 1.52. The highest BCUT2D eigenvalue weighted by Gasteiger charge is 2.30. The molecule has 1 fully saturated rings. The van der Waals surface area contributed by atoms with Gasteiger partial charge in [-0.1, -0.05) is 12.8 Å². The zero-order chi connectivity index (χ0) is 18.0. The van der Waals surface area contributed by atoms with Crippen molar-refractivity contribution in [2.75, 3.05) is 0 Å². The fourth-order valence-corrected chi connectivity index (χ4v) is 3.72. The second kappa shape index (κ2) is 7.03. The molecule has 0 aliphatic heterocycles. The van der Waals surface area contributed by atoms with Crippen LogP contribution in [0.25, 0.3) is 5.69 Å². The van der Waals surface area contributed by atoms with E-state index in [9.17, 15) is 18.0 Å². The van der Waals surface area contributed by atoms with Crippen LogP contribution >= 0.6 is 11.3 Å². The van der Waals surface area contributed by atoms with Crippen LogP contribution in [0.5, 0.6) is 0 Å². The zero-order valence-corrected chi connectivity index (χ0v) is 14.5. The Morgan fingerprint density at radius 2 is 1.88 bits per heavy atom.